The number of phenols is 2. The lowest BCUT2D eigenvalue weighted by atomic mass is 10.1. The molecule has 5 rings (SSSR count). The average Bonchev–Trinajstić information content (AvgIpc) is 3.18. The number of nitrogens with zero attached hydrogens (tertiary/aromatic N) is 2. The molecule has 2 aromatic heterocycles. The first-order valence-corrected chi connectivity index (χ1v) is 10.7. The molecule has 0 saturated heterocycles. The van der Waals surface area contributed by atoms with Gasteiger partial charge in [-0.3, -0.25) is 19.2 Å². The molecule has 2 N–H and O–H groups in total. The Hall–Kier alpha value is -3.50. The van der Waals surface area contributed by atoms with Gasteiger partial charge in [-0.2, -0.15) is 0 Å². The molecule has 0 fully saturated rings. The molecule has 0 aliphatic carbocycles. The largest absolute Gasteiger partial charge is 0.506 e. The summed E-state index contributed by atoms with van der Waals surface area (Å²) < 4.78 is 1.55. The number of halogens is 2. The minimum absolute atomic E-state index is 0.0155. The van der Waals surface area contributed by atoms with E-state index < -0.39 is 22.2 Å². The van der Waals surface area contributed by atoms with E-state index in [1.54, 1.807) is 24.3 Å². The van der Waals surface area contributed by atoms with Crippen molar-refractivity contribution in [3.63, 3.8) is 0 Å². The van der Waals surface area contributed by atoms with Crippen molar-refractivity contribution >= 4 is 53.4 Å². The van der Waals surface area contributed by atoms with Gasteiger partial charge in [-0.05, 0) is 56.1 Å². The van der Waals surface area contributed by atoms with Crippen LogP contribution in [-0.4, -0.2) is 19.3 Å². The first-order valence-electron chi connectivity index (χ1n) is 9.14. The first kappa shape index (κ1) is 20.4. The van der Waals surface area contributed by atoms with Crippen molar-refractivity contribution in [3.8, 4) is 22.9 Å². The molecule has 0 unspecified atom stereocenters. The third kappa shape index (κ3) is 2.53. The number of phenolic OH excluding ortho intramolecular Hbond substituents is 2. The van der Waals surface area contributed by atoms with Crippen molar-refractivity contribution in [3.05, 3.63) is 98.9 Å². The van der Waals surface area contributed by atoms with Gasteiger partial charge in [-0.15, -0.1) is 0 Å². The van der Waals surface area contributed by atoms with Crippen LogP contribution in [0, 0.1) is 0 Å². The summed E-state index contributed by atoms with van der Waals surface area (Å²) in [6.07, 6.45) is 0. The zero-order valence-electron chi connectivity index (χ0n) is 15.8. The van der Waals surface area contributed by atoms with Crippen molar-refractivity contribution in [2.24, 2.45) is 0 Å². The van der Waals surface area contributed by atoms with E-state index in [4.69, 9.17) is 0 Å². The van der Waals surface area contributed by atoms with E-state index in [2.05, 4.69) is 31.9 Å². The van der Waals surface area contributed by atoms with Crippen LogP contribution in [-0.2, 0) is 0 Å². The van der Waals surface area contributed by atoms with E-state index in [9.17, 15) is 29.4 Å². The van der Waals surface area contributed by atoms with Gasteiger partial charge >= 0.3 is 0 Å². The van der Waals surface area contributed by atoms with E-state index in [-0.39, 0.29) is 53.4 Å². The number of hydrogen-bond donors (Lipinski definition) is 2. The number of hydrogen-bond acceptors (Lipinski definition) is 6. The first-order chi connectivity index (χ1) is 15.3. The molecule has 0 aliphatic rings. The van der Waals surface area contributed by atoms with Crippen LogP contribution in [0.4, 0.5) is 0 Å². The summed E-state index contributed by atoms with van der Waals surface area (Å²) in [5.74, 6) is -0.556. The topological polar surface area (TPSA) is 119 Å². The molecule has 10 heteroatoms. The van der Waals surface area contributed by atoms with Crippen LogP contribution in [0.25, 0.3) is 32.9 Å². The standard InChI is InChI=1S/C22H10Br2N2O6/c23-17-13-14(20(30)25(19(13)29)9-5-1-3-7-11(9)27)18(24)16-15(17)21(31)26(22(16)32)10-6-2-4-8-12(10)28/h1-8,27-28H. The zero-order valence-corrected chi connectivity index (χ0v) is 19.0. The fourth-order valence-electron chi connectivity index (χ4n) is 3.87. The third-order valence-corrected chi connectivity index (χ3v) is 6.88. The summed E-state index contributed by atoms with van der Waals surface area (Å²) in [5, 5.41) is 19.9. The van der Waals surface area contributed by atoms with E-state index in [0.29, 0.717) is 0 Å². The maximum Gasteiger partial charge on any atom is 0.267 e. The molecule has 2 heterocycles. The SMILES string of the molecule is O=c1c2c(Br)c3c(=O)n(-c4ccccc4O)c(=O)c3c(Br)c2c(=O)n1-c1ccccc1O. The van der Waals surface area contributed by atoms with Crippen LogP contribution in [0.3, 0.4) is 0 Å². The monoisotopic (exact) mass is 556 g/mol. The Kier molecular flexibility index (Phi) is 4.47. The van der Waals surface area contributed by atoms with Crippen LogP contribution < -0.4 is 22.2 Å². The van der Waals surface area contributed by atoms with Gasteiger partial charge in [0.25, 0.3) is 22.2 Å². The highest BCUT2D eigenvalue weighted by Gasteiger charge is 2.29. The van der Waals surface area contributed by atoms with Crippen LogP contribution in [0.15, 0.2) is 76.7 Å². The van der Waals surface area contributed by atoms with E-state index in [1.165, 1.54) is 24.3 Å². The van der Waals surface area contributed by atoms with Crippen LogP contribution >= 0.6 is 31.9 Å². The van der Waals surface area contributed by atoms with E-state index in [0.717, 1.165) is 9.13 Å². The molecule has 0 aliphatic heterocycles. The Morgan fingerprint density at radius 2 is 0.812 bits per heavy atom. The van der Waals surface area contributed by atoms with Gasteiger partial charge in [-0.1, -0.05) is 24.3 Å². The summed E-state index contributed by atoms with van der Waals surface area (Å²) >= 11 is 6.49. The summed E-state index contributed by atoms with van der Waals surface area (Å²) in [4.78, 5) is 52.9. The molecule has 0 bridgehead atoms. The summed E-state index contributed by atoms with van der Waals surface area (Å²) in [6, 6.07) is 11.7. The van der Waals surface area contributed by atoms with Crippen molar-refractivity contribution in [2.75, 3.05) is 0 Å². The molecule has 0 amide bonds. The quantitative estimate of drug-likeness (QED) is 0.344. The average molecular weight is 558 g/mol. The van der Waals surface area contributed by atoms with E-state index >= 15 is 0 Å². The van der Waals surface area contributed by atoms with Crippen molar-refractivity contribution in [1.82, 2.24) is 9.13 Å². The molecule has 3 aromatic carbocycles. The predicted molar refractivity (Wildman–Crippen MR) is 126 cm³/mol. The Morgan fingerprint density at radius 1 is 0.531 bits per heavy atom. The lowest BCUT2D eigenvalue weighted by Gasteiger charge is -2.02. The smallest absolute Gasteiger partial charge is 0.267 e. The molecule has 0 atom stereocenters. The molecule has 0 radical (unpaired) electrons. The minimum atomic E-state index is -0.761. The highest BCUT2D eigenvalue weighted by atomic mass is 79.9. The summed E-state index contributed by atoms with van der Waals surface area (Å²) in [6.45, 7) is 0. The second-order valence-corrected chi connectivity index (χ2v) is 8.58. The molecule has 8 nitrogen and oxygen atoms in total. The summed E-state index contributed by atoms with van der Waals surface area (Å²) in [7, 11) is 0. The number of para-hydroxylation sites is 4. The predicted octanol–water partition coefficient (Wildman–Crippen LogP) is 2.83. The van der Waals surface area contributed by atoms with Crippen molar-refractivity contribution in [2.45, 2.75) is 0 Å². The molecule has 0 saturated carbocycles. The number of aromatic nitrogens is 2. The highest BCUT2D eigenvalue weighted by Crippen LogP contribution is 2.35. The van der Waals surface area contributed by atoms with E-state index in [1.807, 2.05) is 0 Å². The second kappa shape index (κ2) is 7.01. The molecule has 5 aromatic rings. The molecule has 32 heavy (non-hydrogen) atoms. The lowest BCUT2D eigenvalue weighted by Crippen LogP contribution is -2.24. The maximum atomic E-state index is 13.2. The van der Waals surface area contributed by atoms with Gasteiger partial charge in [0, 0.05) is 8.95 Å². The Labute approximate surface area is 194 Å². The third-order valence-electron chi connectivity index (χ3n) is 5.29. The summed E-state index contributed by atoms with van der Waals surface area (Å²) in [5.41, 5.74) is -3.09. The zero-order chi connectivity index (χ0) is 22.9. The van der Waals surface area contributed by atoms with Gasteiger partial charge in [0.05, 0.1) is 32.9 Å². The highest BCUT2D eigenvalue weighted by molar-refractivity contribution is 9.11. The van der Waals surface area contributed by atoms with Crippen LogP contribution in [0.5, 0.6) is 11.5 Å². The number of benzene rings is 3. The van der Waals surface area contributed by atoms with Crippen LogP contribution in [0.1, 0.15) is 0 Å². The molecule has 158 valence electrons. The van der Waals surface area contributed by atoms with Crippen molar-refractivity contribution in [1.29, 1.82) is 0 Å². The molecular formula is C22H10Br2N2O6. The van der Waals surface area contributed by atoms with Crippen molar-refractivity contribution < 1.29 is 10.2 Å². The Bertz CT molecular complexity index is 1600. The Balaban J connectivity index is 2.01. The Morgan fingerprint density at radius 3 is 1.09 bits per heavy atom. The minimum Gasteiger partial charge on any atom is -0.506 e. The van der Waals surface area contributed by atoms with Gasteiger partial charge in [0.1, 0.15) is 11.5 Å². The lowest BCUT2D eigenvalue weighted by molar-refractivity contribution is 0.471. The number of rotatable bonds is 2. The fraction of sp³-hybridized carbons (Fsp3) is 0. The van der Waals surface area contributed by atoms with Gasteiger partial charge in [0.2, 0.25) is 0 Å². The fourth-order valence-corrected chi connectivity index (χ4v) is 5.34. The number of fused-ring (bicyclic) bond motifs is 2. The van der Waals surface area contributed by atoms with Gasteiger partial charge in [-0.25, -0.2) is 9.13 Å². The van der Waals surface area contributed by atoms with Gasteiger partial charge < -0.3 is 10.2 Å². The van der Waals surface area contributed by atoms with Crippen LogP contribution in [0.2, 0.25) is 0 Å². The molecular weight excluding hydrogens is 548 g/mol. The number of aromatic hydroxyl groups is 2. The molecule has 0 spiro atoms. The second-order valence-electron chi connectivity index (χ2n) is 7.00. The van der Waals surface area contributed by atoms with Gasteiger partial charge in [0.15, 0.2) is 0 Å². The maximum absolute atomic E-state index is 13.2. The normalized spacial score (nSPS) is 11.6.